The average molecular weight is 1500 g/mol. The van der Waals surface area contributed by atoms with E-state index in [1.807, 2.05) is 0 Å². The molecular weight excluding hydrogens is 1360 g/mol. The number of rotatable bonds is 26. The molecule has 4 nitrogen and oxygen atoms in total. The first-order valence-corrected chi connectivity index (χ1v) is 43.6. The van der Waals surface area contributed by atoms with Crippen LogP contribution in [-0.4, -0.2) is 26.4 Å². The van der Waals surface area contributed by atoms with Crippen LogP contribution in [0.1, 0.15) is 327 Å². The minimum Gasteiger partial charge on any atom is -0.490 e. The summed E-state index contributed by atoms with van der Waals surface area (Å²) < 4.78 is 133. The van der Waals surface area contributed by atoms with Crippen LogP contribution in [0.5, 0.6) is 23.0 Å². The summed E-state index contributed by atoms with van der Waals surface area (Å²) in [6.07, 6.45) is 56.2. The van der Waals surface area contributed by atoms with E-state index in [2.05, 4.69) is 27.7 Å². The van der Waals surface area contributed by atoms with Crippen molar-refractivity contribution in [2.75, 3.05) is 26.4 Å². The highest BCUT2D eigenvalue weighted by molar-refractivity contribution is 5.33. The largest absolute Gasteiger partial charge is 0.490 e. The summed E-state index contributed by atoms with van der Waals surface area (Å²) in [5, 5.41) is 0. The SMILES string of the molecule is C.CCC1CCC(C2CCC(COc3ccc(C)c(F)c3F)CC2)CC1.CCCC1CCC(C2CCC(COc3ccc(C)c(F)c3F)CC2)CC1.CCCCC1CCC(C2CCC(COc3ccc(C)c(F)c3F)CC2)CC1.CCCCCC1CCC(C2CCC(COc3ccc(C)c(F)c3F)CC2)CC1. The highest BCUT2D eigenvalue weighted by Gasteiger charge is 2.36. The summed E-state index contributed by atoms with van der Waals surface area (Å²) >= 11 is 0. The molecule has 0 atom stereocenters. The third kappa shape index (κ3) is 26.8. The Kier molecular flexibility index (Phi) is 37.8. The van der Waals surface area contributed by atoms with Crippen LogP contribution in [0, 0.1) is 169 Å². The molecule has 0 radical (unpaired) electrons. The minimum absolute atomic E-state index is 0. The van der Waals surface area contributed by atoms with Gasteiger partial charge in [-0.2, -0.15) is 17.6 Å². The van der Waals surface area contributed by atoms with Crippen LogP contribution < -0.4 is 18.9 Å². The van der Waals surface area contributed by atoms with Crippen molar-refractivity contribution in [2.24, 2.45) is 94.7 Å². The third-order valence-electron chi connectivity index (χ3n) is 28.1. The minimum atomic E-state index is -0.846. The van der Waals surface area contributed by atoms with Gasteiger partial charge >= 0.3 is 0 Å². The van der Waals surface area contributed by atoms with Crippen molar-refractivity contribution in [3.05, 3.63) is 117 Å². The lowest BCUT2D eigenvalue weighted by atomic mass is 9.69. The van der Waals surface area contributed by atoms with Gasteiger partial charge in [0, 0.05) is 0 Å². The first-order chi connectivity index (χ1) is 51.3. The van der Waals surface area contributed by atoms with Gasteiger partial charge in [0.1, 0.15) is 0 Å². The molecule has 0 unspecified atom stereocenters. The summed E-state index contributed by atoms with van der Waals surface area (Å²) in [7, 11) is 0. The highest BCUT2D eigenvalue weighted by atomic mass is 19.2. The maximum Gasteiger partial charge on any atom is 0.200 e. The fourth-order valence-corrected chi connectivity index (χ4v) is 20.6. The summed E-state index contributed by atoms with van der Waals surface area (Å²) in [5.74, 6) is 6.74. The van der Waals surface area contributed by atoms with E-state index in [1.54, 1.807) is 76.2 Å². The van der Waals surface area contributed by atoms with Gasteiger partial charge in [-0.1, -0.05) is 175 Å². The van der Waals surface area contributed by atoms with Crippen molar-refractivity contribution in [3.63, 3.8) is 0 Å². The maximum atomic E-state index is 14.0. The van der Waals surface area contributed by atoms with Gasteiger partial charge in [0.15, 0.2) is 46.3 Å². The van der Waals surface area contributed by atoms with Gasteiger partial charge in [-0.25, -0.2) is 17.6 Å². The Bertz CT molecular complexity index is 3140. The third-order valence-corrected chi connectivity index (χ3v) is 28.1. The van der Waals surface area contributed by atoms with Crippen molar-refractivity contribution >= 4 is 0 Å². The number of benzene rings is 4. The zero-order valence-corrected chi connectivity index (χ0v) is 67.0. The summed E-state index contributed by atoms with van der Waals surface area (Å²) in [6, 6.07) is 12.5. The summed E-state index contributed by atoms with van der Waals surface area (Å²) in [6.45, 7) is 17.5. The molecule has 0 aliphatic heterocycles. The Morgan fingerprint density at radius 2 is 0.439 bits per heavy atom. The molecular formula is C95H144F8O4. The second kappa shape index (κ2) is 45.9. The predicted octanol–water partition coefficient (Wildman–Crippen LogP) is 29.7. The Morgan fingerprint density at radius 1 is 0.234 bits per heavy atom. The van der Waals surface area contributed by atoms with Gasteiger partial charge in [0.25, 0.3) is 0 Å². The smallest absolute Gasteiger partial charge is 0.200 e. The second-order valence-corrected chi connectivity index (χ2v) is 35.4. The topological polar surface area (TPSA) is 36.9 Å². The molecule has 4 aromatic carbocycles. The van der Waals surface area contributed by atoms with E-state index < -0.39 is 46.5 Å². The quantitative estimate of drug-likeness (QED) is 0.0464. The Labute approximate surface area is 644 Å². The van der Waals surface area contributed by atoms with Crippen LogP contribution in [-0.2, 0) is 0 Å². The molecule has 0 aromatic heterocycles. The van der Waals surface area contributed by atoms with Crippen molar-refractivity contribution in [1.82, 2.24) is 0 Å². The fraction of sp³-hybridized carbons (Fsp3) is 0.747. The van der Waals surface area contributed by atoms with E-state index in [4.69, 9.17) is 18.9 Å². The lowest BCUT2D eigenvalue weighted by molar-refractivity contribution is 0.120. The number of unbranched alkanes of at least 4 members (excludes halogenated alkanes) is 3. The van der Waals surface area contributed by atoms with E-state index in [0.717, 1.165) is 122 Å². The number of ether oxygens (including phenoxy) is 4. The standard InChI is InChI=1S/C25H38F2O.C24H36F2O.C23H34F2O.C22H32F2O.CH4/c1-3-4-5-6-19-8-12-21(13-9-19)22-14-10-20(11-15-22)17-28-23-16-7-18(2)24(26)25(23)27;1-3-4-5-18-7-11-20(12-8-18)21-13-9-19(10-14-21)16-27-22-15-6-17(2)23(25)24(22)26;1-3-4-17-6-10-19(11-7-17)20-12-8-18(9-13-20)15-26-21-14-5-16(2)22(24)23(21)25;1-3-16-5-9-18(10-6-16)19-11-7-17(8-12-19)14-25-20-13-4-15(2)21(23)22(20)24;/h7,16,19-22H,3-6,8-15,17H2,1-2H3;6,15,18-21H,3-5,7-14,16H2,1-2H3;5,14,17-20H,3-4,6-13,15H2,1-2H3;4,13,16-19H,3,5-12,14H2,1-2H3;1H4. The summed E-state index contributed by atoms with van der Waals surface area (Å²) in [4.78, 5) is 0. The highest BCUT2D eigenvalue weighted by Crippen LogP contribution is 2.47. The zero-order valence-electron chi connectivity index (χ0n) is 67.0. The van der Waals surface area contributed by atoms with Gasteiger partial charge in [0.2, 0.25) is 23.3 Å². The van der Waals surface area contributed by atoms with Crippen molar-refractivity contribution in [3.8, 4) is 23.0 Å². The second-order valence-electron chi connectivity index (χ2n) is 35.4. The van der Waals surface area contributed by atoms with E-state index in [0.29, 0.717) is 72.4 Å². The van der Waals surface area contributed by atoms with E-state index in [9.17, 15) is 35.1 Å². The van der Waals surface area contributed by atoms with Gasteiger partial charge < -0.3 is 18.9 Å². The Hall–Kier alpha value is -4.48. The maximum absolute atomic E-state index is 14.0. The molecule has 107 heavy (non-hydrogen) atoms. The number of halogens is 8. The molecule has 8 fully saturated rings. The fourth-order valence-electron chi connectivity index (χ4n) is 20.6. The Morgan fingerprint density at radius 3 is 0.654 bits per heavy atom. The zero-order chi connectivity index (χ0) is 75.5. The van der Waals surface area contributed by atoms with Gasteiger partial charge in [-0.05, 0) is 323 Å². The van der Waals surface area contributed by atoms with Crippen LogP contribution in [0.2, 0.25) is 0 Å². The molecule has 0 heterocycles. The number of aryl methyl sites for hydroxylation is 4. The van der Waals surface area contributed by atoms with Crippen LogP contribution in [0.4, 0.5) is 35.1 Å². The molecule has 0 spiro atoms. The van der Waals surface area contributed by atoms with Crippen LogP contribution >= 0.6 is 0 Å². The number of hydrogen-bond acceptors (Lipinski definition) is 4. The molecule has 0 amide bonds. The molecule has 4 aromatic rings. The molecule has 0 bridgehead atoms. The molecule has 0 N–H and O–H groups in total. The lowest BCUT2D eigenvalue weighted by Crippen LogP contribution is -2.27. The molecule has 604 valence electrons. The number of hydrogen-bond donors (Lipinski definition) is 0. The van der Waals surface area contributed by atoms with Crippen molar-refractivity contribution < 1.29 is 54.1 Å². The van der Waals surface area contributed by atoms with Crippen molar-refractivity contribution in [1.29, 1.82) is 0 Å². The van der Waals surface area contributed by atoms with Gasteiger partial charge in [0.05, 0.1) is 26.4 Å². The van der Waals surface area contributed by atoms with E-state index in [-0.39, 0.29) is 30.4 Å². The molecule has 8 aliphatic carbocycles. The van der Waals surface area contributed by atoms with Gasteiger partial charge in [-0.15, -0.1) is 0 Å². The van der Waals surface area contributed by atoms with Crippen molar-refractivity contribution in [2.45, 2.75) is 332 Å². The van der Waals surface area contributed by atoms with Crippen LogP contribution in [0.3, 0.4) is 0 Å². The first kappa shape index (κ1) is 88.1. The lowest BCUT2D eigenvalue weighted by Gasteiger charge is -2.38. The van der Waals surface area contributed by atoms with E-state index in [1.165, 1.54) is 218 Å². The first-order valence-electron chi connectivity index (χ1n) is 43.6. The molecule has 8 saturated carbocycles. The average Bonchev–Trinajstić information content (AvgIpc) is 0.869. The normalized spacial score (nSPS) is 28.9. The summed E-state index contributed by atoms with van der Waals surface area (Å²) in [5.41, 5.74) is 1.29. The van der Waals surface area contributed by atoms with Crippen LogP contribution in [0.15, 0.2) is 48.5 Å². The predicted molar refractivity (Wildman–Crippen MR) is 426 cm³/mol. The molecule has 8 aliphatic rings. The monoisotopic (exact) mass is 1500 g/mol. The molecule has 0 saturated heterocycles. The van der Waals surface area contributed by atoms with E-state index >= 15 is 0 Å². The van der Waals surface area contributed by atoms with Gasteiger partial charge in [-0.3, -0.25) is 0 Å². The Balaban J connectivity index is 0.000000180. The molecule has 12 rings (SSSR count). The van der Waals surface area contributed by atoms with Crippen LogP contribution in [0.25, 0.3) is 0 Å². The molecule has 12 heteroatoms.